The van der Waals surface area contributed by atoms with Gasteiger partial charge >= 0.3 is 6.03 Å². The minimum atomic E-state index is -0.0400. The molecule has 31 heavy (non-hydrogen) atoms. The summed E-state index contributed by atoms with van der Waals surface area (Å²) in [6, 6.07) is 14.2. The maximum atomic E-state index is 12.7. The molecule has 1 saturated heterocycles. The van der Waals surface area contributed by atoms with Gasteiger partial charge in [-0.2, -0.15) is 4.98 Å². The van der Waals surface area contributed by atoms with Crippen molar-refractivity contribution in [1.29, 1.82) is 0 Å². The Kier molecular flexibility index (Phi) is 5.93. The highest BCUT2D eigenvalue weighted by Crippen LogP contribution is 2.24. The lowest BCUT2D eigenvalue weighted by molar-refractivity contribution is 0.208. The molecule has 2 amide bonds. The normalized spacial score (nSPS) is 14.2. The van der Waals surface area contributed by atoms with Crippen molar-refractivity contribution < 1.29 is 9.32 Å². The number of aryl methyl sites for hydroxylation is 2. The van der Waals surface area contributed by atoms with Gasteiger partial charge in [0, 0.05) is 49.0 Å². The highest BCUT2D eigenvalue weighted by atomic mass is 16.5. The average molecular weight is 420 g/mol. The fourth-order valence-electron chi connectivity index (χ4n) is 3.64. The van der Waals surface area contributed by atoms with Gasteiger partial charge in [-0.25, -0.2) is 4.79 Å². The van der Waals surface area contributed by atoms with Crippen LogP contribution in [0, 0.1) is 13.8 Å². The summed E-state index contributed by atoms with van der Waals surface area (Å²) < 4.78 is 5.30. The molecule has 0 atom stereocenters. The van der Waals surface area contributed by atoms with Gasteiger partial charge in [0.1, 0.15) is 0 Å². The Morgan fingerprint density at radius 3 is 2.39 bits per heavy atom. The van der Waals surface area contributed by atoms with E-state index in [2.05, 4.69) is 38.6 Å². The van der Waals surface area contributed by atoms with Gasteiger partial charge in [-0.3, -0.25) is 0 Å². The molecule has 162 valence electrons. The summed E-state index contributed by atoms with van der Waals surface area (Å²) in [7, 11) is 0. The van der Waals surface area contributed by atoms with Crippen LogP contribution < -0.4 is 10.2 Å². The van der Waals surface area contributed by atoms with Crippen molar-refractivity contribution in [3.63, 3.8) is 0 Å². The molecule has 0 bridgehead atoms. The lowest BCUT2D eigenvalue weighted by atomic mass is 10.1. The number of piperazine rings is 1. The topological polar surface area (TPSA) is 74.5 Å². The number of nitrogens with zero attached hydrogens (tertiary/aromatic N) is 4. The van der Waals surface area contributed by atoms with Crippen LogP contribution in [-0.4, -0.2) is 47.3 Å². The number of amides is 2. The predicted octanol–water partition coefficient (Wildman–Crippen LogP) is 4.83. The first-order valence-electron chi connectivity index (χ1n) is 10.7. The van der Waals surface area contributed by atoms with E-state index < -0.39 is 0 Å². The molecule has 1 aliphatic rings. The van der Waals surface area contributed by atoms with Crippen LogP contribution in [0.4, 0.5) is 16.2 Å². The zero-order valence-electron chi connectivity index (χ0n) is 18.6. The molecule has 7 heteroatoms. The first-order valence-corrected chi connectivity index (χ1v) is 10.7. The van der Waals surface area contributed by atoms with Crippen molar-refractivity contribution >= 4 is 17.4 Å². The number of hydrogen-bond acceptors (Lipinski definition) is 5. The molecule has 7 nitrogen and oxygen atoms in total. The molecular formula is C24H29N5O2. The van der Waals surface area contributed by atoms with Crippen LogP contribution in [-0.2, 0) is 0 Å². The van der Waals surface area contributed by atoms with E-state index in [0.717, 1.165) is 41.2 Å². The SMILES string of the molecule is Cc1ccc(C)c(NC(=O)N2CCN(c3ccc(-c4noc(C(C)C)n4)cc3)CC2)c1. The highest BCUT2D eigenvalue weighted by molar-refractivity contribution is 5.90. The van der Waals surface area contributed by atoms with Gasteiger partial charge in [-0.05, 0) is 55.3 Å². The molecule has 1 aromatic heterocycles. The van der Waals surface area contributed by atoms with Gasteiger partial charge in [0.15, 0.2) is 0 Å². The second kappa shape index (κ2) is 8.79. The number of urea groups is 1. The second-order valence-corrected chi connectivity index (χ2v) is 8.38. The Hall–Kier alpha value is -3.35. The molecule has 2 heterocycles. The second-order valence-electron chi connectivity index (χ2n) is 8.38. The molecule has 1 aliphatic heterocycles. The summed E-state index contributed by atoms with van der Waals surface area (Å²) >= 11 is 0. The summed E-state index contributed by atoms with van der Waals surface area (Å²) in [4.78, 5) is 21.3. The van der Waals surface area contributed by atoms with Gasteiger partial charge in [0.05, 0.1) is 0 Å². The Labute approximate surface area is 183 Å². The monoisotopic (exact) mass is 419 g/mol. The summed E-state index contributed by atoms with van der Waals surface area (Å²) in [6.45, 7) is 11.0. The van der Waals surface area contributed by atoms with E-state index >= 15 is 0 Å². The molecule has 2 aromatic carbocycles. The van der Waals surface area contributed by atoms with Crippen molar-refractivity contribution in [2.45, 2.75) is 33.6 Å². The smallest absolute Gasteiger partial charge is 0.321 e. The zero-order chi connectivity index (χ0) is 22.0. The minimum absolute atomic E-state index is 0.0400. The number of benzene rings is 2. The average Bonchev–Trinajstić information content (AvgIpc) is 3.27. The van der Waals surface area contributed by atoms with Crippen molar-refractivity contribution in [3.8, 4) is 11.4 Å². The molecule has 0 saturated carbocycles. The largest absolute Gasteiger partial charge is 0.368 e. The molecule has 3 aromatic rings. The van der Waals surface area contributed by atoms with Gasteiger partial charge in [0.25, 0.3) is 0 Å². The molecule has 4 rings (SSSR count). The number of carbonyl (C=O) groups is 1. The van der Waals surface area contributed by atoms with Crippen LogP contribution in [0.3, 0.4) is 0 Å². The third-order valence-corrected chi connectivity index (χ3v) is 5.63. The number of nitrogens with one attached hydrogen (secondary N) is 1. The van der Waals surface area contributed by atoms with E-state index in [9.17, 15) is 4.79 Å². The summed E-state index contributed by atoms with van der Waals surface area (Å²) in [5.41, 5.74) is 5.15. The van der Waals surface area contributed by atoms with Crippen molar-refractivity contribution in [1.82, 2.24) is 15.0 Å². The molecule has 0 unspecified atom stereocenters. The number of rotatable bonds is 4. The fourth-order valence-corrected chi connectivity index (χ4v) is 3.64. The van der Waals surface area contributed by atoms with Crippen LogP contribution in [0.2, 0.25) is 0 Å². The first-order chi connectivity index (χ1) is 14.9. The lowest BCUT2D eigenvalue weighted by Crippen LogP contribution is -2.50. The molecule has 1 fully saturated rings. The molecule has 0 radical (unpaired) electrons. The van der Waals surface area contributed by atoms with Crippen LogP contribution in [0.1, 0.15) is 36.8 Å². The Balaban J connectivity index is 1.35. The predicted molar refractivity (Wildman–Crippen MR) is 123 cm³/mol. The Morgan fingerprint density at radius 1 is 1.03 bits per heavy atom. The minimum Gasteiger partial charge on any atom is -0.368 e. The standard InChI is InChI=1S/C24H29N5O2/c1-16(2)23-26-22(27-31-23)19-7-9-20(10-8-19)28-11-13-29(14-12-28)24(30)25-21-15-17(3)5-6-18(21)4/h5-10,15-16H,11-14H2,1-4H3,(H,25,30). The number of anilines is 2. The molecule has 1 N–H and O–H groups in total. The van der Waals surface area contributed by atoms with Gasteiger partial charge in [-0.1, -0.05) is 31.1 Å². The fraction of sp³-hybridized carbons (Fsp3) is 0.375. The van der Waals surface area contributed by atoms with Gasteiger partial charge < -0.3 is 19.6 Å². The Morgan fingerprint density at radius 2 is 1.74 bits per heavy atom. The van der Waals surface area contributed by atoms with E-state index in [0.29, 0.717) is 24.8 Å². The van der Waals surface area contributed by atoms with Gasteiger partial charge in [-0.15, -0.1) is 0 Å². The first kappa shape index (κ1) is 20.9. The lowest BCUT2D eigenvalue weighted by Gasteiger charge is -2.36. The van der Waals surface area contributed by atoms with Crippen LogP contribution >= 0.6 is 0 Å². The van der Waals surface area contributed by atoms with Crippen molar-refractivity contribution in [2.24, 2.45) is 0 Å². The highest BCUT2D eigenvalue weighted by Gasteiger charge is 2.22. The van der Waals surface area contributed by atoms with E-state index in [1.807, 2.05) is 56.9 Å². The quantitative estimate of drug-likeness (QED) is 0.656. The van der Waals surface area contributed by atoms with Crippen LogP contribution in [0.25, 0.3) is 11.4 Å². The molecule has 0 aliphatic carbocycles. The summed E-state index contributed by atoms with van der Waals surface area (Å²) in [6.07, 6.45) is 0. The van der Waals surface area contributed by atoms with E-state index in [4.69, 9.17) is 4.52 Å². The summed E-state index contributed by atoms with van der Waals surface area (Å²) in [5.74, 6) is 1.47. The van der Waals surface area contributed by atoms with Gasteiger partial charge in [0.2, 0.25) is 11.7 Å². The van der Waals surface area contributed by atoms with Crippen LogP contribution in [0.15, 0.2) is 47.0 Å². The van der Waals surface area contributed by atoms with E-state index in [1.165, 1.54) is 0 Å². The van der Waals surface area contributed by atoms with E-state index in [-0.39, 0.29) is 11.9 Å². The molecule has 0 spiro atoms. The Bertz CT molecular complexity index is 1050. The molecular weight excluding hydrogens is 390 g/mol. The number of aromatic nitrogens is 2. The van der Waals surface area contributed by atoms with E-state index in [1.54, 1.807) is 0 Å². The number of carbonyl (C=O) groups excluding carboxylic acids is 1. The summed E-state index contributed by atoms with van der Waals surface area (Å²) in [5, 5.41) is 7.13. The maximum Gasteiger partial charge on any atom is 0.321 e. The number of hydrogen-bond donors (Lipinski definition) is 1. The third kappa shape index (κ3) is 4.71. The third-order valence-electron chi connectivity index (χ3n) is 5.63. The van der Waals surface area contributed by atoms with Crippen molar-refractivity contribution in [2.75, 3.05) is 36.4 Å². The van der Waals surface area contributed by atoms with Crippen LogP contribution in [0.5, 0.6) is 0 Å². The van der Waals surface area contributed by atoms with Crippen molar-refractivity contribution in [3.05, 3.63) is 59.5 Å². The maximum absolute atomic E-state index is 12.7. The zero-order valence-corrected chi connectivity index (χ0v) is 18.6.